The van der Waals surface area contributed by atoms with Gasteiger partial charge in [0, 0.05) is 12.6 Å². The van der Waals surface area contributed by atoms with Crippen LogP contribution < -0.4 is 0 Å². The molecule has 84 valence electrons. The maximum atomic E-state index is 10.9. The van der Waals surface area contributed by atoms with E-state index in [1.807, 2.05) is 0 Å². The quantitative estimate of drug-likeness (QED) is 0.518. The first-order valence-electron chi connectivity index (χ1n) is 5.81. The molecule has 3 fully saturated rings. The first kappa shape index (κ1) is 10.7. The minimum Gasteiger partial charge on any atom is -0.463 e. The molecule has 0 N–H and O–H groups in total. The molecular weight excluding hydrogens is 190 g/mol. The van der Waals surface area contributed by atoms with Gasteiger partial charge in [-0.25, -0.2) is 4.79 Å². The first-order chi connectivity index (χ1) is 7.29. The fourth-order valence-electron chi connectivity index (χ4n) is 2.78. The monoisotopic (exact) mass is 209 g/mol. The minimum absolute atomic E-state index is 0.295. The van der Waals surface area contributed by atoms with Gasteiger partial charge in [0.15, 0.2) is 0 Å². The maximum Gasteiger partial charge on any atom is 0.330 e. The molecule has 3 rings (SSSR count). The Labute approximate surface area is 91.1 Å². The molecule has 3 saturated heterocycles. The number of carbonyl (C=O) groups is 1. The molecular formula is C12H19NO2. The van der Waals surface area contributed by atoms with Crippen LogP contribution in [0, 0.1) is 11.8 Å². The van der Waals surface area contributed by atoms with Crippen LogP contribution in [-0.2, 0) is 9.53 Å². The highest BCUT2D eigenvalue weighted by atomic mass is 16.5. The van der Waals surface area contributed by atoms with E-state index in [1.54, 1.807) is 0 Å². The van der Waals surface area contributed by atoms with E-state index in [0.29, 0.717) is 6.61 Å². The maximum absolute atomic E-state index is 10.9. The number of esters is 1. The Morgan fingerprint density at radius 2 is 2.20 bits per heavy atom. The molecule has 3 aliphatic heterocycles. The third-order valence-corrected chi connectivity index (χ3v) is 3.69. The number of hydrogen-bond acceptors (Lipinski definition) is 3. The fourth-order valence-corrected chi connectivity index (χ4v) is 2.78. The van der Waals surface area contributed by atoms with E-state index < -0.39 is 0 Å². The van der Waals surface area contributed by atoms with Crippen LogP contribution in [0.5, 0.6) is 0 Å². The highest BCUT2D eigenvalue weighted by molar-refractivity contribution is 5.81. The predicted octanol–water partition coefficient (Wildman–Crippen LogP) is 1.45. The van der Waals surface area contributed by atoms with E-state index in [9.17, 15) is 4.79 Å². The van der Waals surface area contributed by atoms with E-state index in [2.05, 4.69) is 11.5 Å². The van der Waals surface area contributed by atoms with Gasteiger partial charge >= 0.3 is 5.97 Å². The van der Waals surface area contributed by atoms with Gasteiger partial charge in [-0.2, -0.15) is 0 Å². The van der Waals surface area contributed by atoms with E-state index in [4.69, 9.17) is 4.74 Å². The SMILES string of the molecule is C=CC(=O)OCCC1CN2CCC1CC2. The molecule has 0 aromatic rings. The lowest BCUT2D eigenvalue weighted by Gasteiger charge is -2.44. The summed E-state index contributed by atoms with van der Waals surface area (Å²) in [6.07, 6.45) is 4.91. The van der Waals surface area contributed by atoms with Gasteiger partial charge in [0.05, 0.1) is 6.61 Å². The van der Waals surface area contributed by atoms with Crippen LogP contribution in [-0.4, -0.2) is 37.1 Å². The Bertz CT molecular complexity index is 244. The van der Waals surface area contributed by atoms with Crippen molar-refractivity contribution in [1.29, 1.82) is 0 Å². The zero-order valence-corrected chi connectivity index (χ0v) is 9.15. The zero-order chi connectivity index (χ0) is 10.7. The predicted molar refractivity (Wildman–Crippen MR) is 58.4 cm³/mol. The third kappa shape index (κ3) is 2.59. The summed E-state index contributed by atoms with van der Waals surface area (Å²) in [7, 11) is 0. The lowest BCUT2D eigenvalue weighted by Crippen LogP contribution is -2.47. The molecule has 3 aliphatic rings. The highest BCUT2D eigenvalue weighted by Crippen LogP contribution is 2.33. The topological polar surface area (TPSA) is 29.5 Å². The molecule has 0 aliphatic carbocycles. The summed E-state index contributed by atoms with van der Waals surface area (Å²) in [6, 6.07) is 0. The zero-order valence-electron chi connectivity index (χ0n) is 9.15. The van der Waals surface area contributed by atoms with Crippen molar-refractivity contribution in [2.75, 3.05) is 26.2 Å². The van der Waals surface area contributed by atoms with Crippen molar-refractivity contribution in [3.8, 4) is 0 Å². The van der Waals surface area contributed by atoms with Crippen LogP contribution in [0.3, 0.4) is 0 Å². The van der Waals surface area contributed by atoms with Crippen LogP contribution >= 0.6 is 0 Å². The van der Waals surface area contributed by atoms with Crippen molar-refractivity contribution < 1.29 is 9.53 Å². The van der Waals surface area contributed by atoms with Crippen molar-refractivity contribution in [3.05, 3.63) is 12.7 Å². The fraction of sp³-hybridized carbons (Fsp3) is 0.750. The Hall–Kier alpha value is -0.830. The Kier molecular flexibility index (Phi) is 3.41. The summed E-state index contributed by atoms with van der Waals surface area (Å²) < 4.78 is 5.03. The molecule has 3 heteroatoms. The third-order valence-electron chi connectivity index (χ3n) is 3.69. The number of carbonyl (C=O) groups excluding carboxylic acids is 1. The number of ether oxygens (including phenoxy) is 1. The van der Waals surface area contributed by atoms with Gasteiger partial charge in [0.2, 0.25) is 0 Å². The van der Waals surface area contributed by atoms with E-state index in [0.717, 1.165) is 18.3 Å². The van der Waals surface area contributed by atoms with Gasteiger partial charge in [0.25, 0.3) is 0 Å². The molecule has 0 spiro atoms. The van der Waals surface area contributed by atoms with Gasteiger partial charge in [-0.3, -0.25) is 0 Å². The molecule has 3 heterocycles. The number of hydrogen-bond donors (Lipinski definition) is 0. The number of nitrogens with zero attached hydrogens (tertiary/aromatic N) is 1. The van der Waals surface area contributed by atoms with Crippen LogP contribution in [0.2, 0.25) is 0 Å². The summed E-state index contributed by atoms with van der Waals surface area (Å²) in [5, 5.41) is 0. The number of fused-ring (bicyclic) bond motifs is 3. The van der Waals surface area contributed by atoms with Crippen LogP contribution in [0.15, 0.2) is 12.7 Å². The average molecular weight is 209 g/mol. The summed E-state index contributed by atoms with van der Waals surface area (Å²) in [5.74, 6) is 1.32. The van der Waals surface area contributed by atoms with Gasteiger partial charge in [0.1, 0.15) is 0 Å². The van der Waals surface area contributed by atoms with Gasteiger partial charge in [-0.15, -0.1) is 0 Å². The second kappa shape index (κ2) is 4.79. The molecule has 3 nitrogen and oxygen atoms in total. The summed E-state index contributed by atoms with van der Waals surface area (Å²) in [4.78, 5) is 13.4. The number of piperidine rings is 3. The molecule has 0 saturated carbocycles. The van der Waals surface area contributed by atoms with Crippen LogP contribution in [0.1, 0.15) is 19.3 Å². The normalized spacial score (nSPS) is 33.7. The molecule has 0 aromatic carbocycles. The molecule has 0 aromatic heterocycles. The first-order valence-corrected chi connectivity index (χ1v) is 5.81. The van der Waals surface area contributed by atoms with Crippen molar-refractivity contribution in [2.45, 2.75) is 19.3 Å². The standard InChI is InChI=1S/C12H19NO2/c1-2-12(14)15-8-5-11-9-13-6-3-10(11)4-7-13/h2,10-11H,1,3-9H2. The van der Waals surface area contributed by atoms with E-state index in [1.165, 1.54) is 38.6 Å². The Morgan fingerprint density at radius 3 is 2.73 bits per heavy atom. The molecule has 15 heavy (non-hydrogen) atoms. The van der Waals surface area contributed by atoms with Crippen LogP contribution in [0.25, 0.3) is 0 Å². The van der Waals surface area contributed by atoms with Crippen molar-refractivity contribution in [2.24, 2.45) is 11.8 Å². The molecule has 1 atom stereocenters. The molecule has 0 radical (unpaired) electrons. The molecule has 2 bridgehead atoms. The van der Waals surface area contributed by atoms with Gasteiger partial charge < -0.3 is 9.64 Å². The Balaban J connectivity index is 1.71. The van der Waals surface area contributed by atoms with Gasteiger partial charge in [-0.1, -0.05) is 6.58 Å². The number of rotatable bonds is 4. The summed E-state index contributed by atoms with van der Waals surface area (Å²) in [6.45, 7) is 7.68. The van der Waals surface area contributed by atoms with Gasteiger partial charge in [-0.05, 0) is 44.2 Å². The lowest BCUT2D eigenvalue weighted by atomic mass is 9.78. The second-order valence-electron chi connectivity index (χ2n) is 4.56. The Morgan fingerprint density at radius 1 is 1.47 bits per heavy atom. The van der Waals surface area contributed by atoms with Crippen LogP contribution in [0.4, 0.5) is 0 Å². The van der Waals surface area contributed by atoms with Crippen molar-refractivity contribution >= 4 is 5.97 Å². The minimum atomic E-state index is -0.295. The summed E-state index contributed by atoms with van der Waals surface area (Å²) in [5.41, 5.74) is 0. The lowest BCUT2D eigenvalue weighted by molar-refractivity contribution is -0.138. The largest absolute Gasteiger partial charge is 0.463 e. The molecule has 0 amide bonds. The molecule has 1 unspecified atom stereocenters. The average Bonchev–Trinajstić information content (AvgIpc) is 2.30. The van der Waals surface area contributed by atoms with E-state index >= 15 is 0 Å². The summed E-state index contributed by atoms with van der Waals surface area (Å²) >= 11 is 0. The second-order valence-corrected chi connectivity index (χ2v) is 4.56. The van der Waals surface area contributed by atoms with E-state index in [-0.39, 0.29) is 5.97 Å². The van der Waals surface area contributed by atoms with Crippen molar-refractivity contribution in [1.82, 2.24) is 4.90 Å². The smallest absolute Gasteiger partial charge is 0.330 e. The highest BCUT2D eigenvalue weighted by Gasteiger charge is 2.33. The van der Waals surface area contributed by atoms with Crippen molar-refractivity contribution in [3.63, 3.8) is 0 Å².